The molecule has 1 fully saturated rings. The van der Waals surface area contributed by atoms with Gasteiger partial charge in [0, 0.05) is 0 Å². The maximum atomic E-state index is 4.20. The van der Waals surface area contributed by atoms with E-state index in [0.717, 1.165) is 5.92 Å². The minimum atomic E-state index is 0.313. The average molecular weight is 208 g/mol. The van der Waals surface area contributed by atoms with Crippen molar-refractivity contribution in [2.75, 3.05) is 0 Å². The zero-order valence-corrected chi connectivity index (χ0v) is 10.9. The van der Waals surface area contributed by atoms with Crippen LogP contribution in [0.25, 0.3) is 0 Å². The molecule has 0 N–H and O–H groups in total. The maximum Gasteiger partial charge on any atom is -0.0176 e. The summed E-state index contributed by atoms with van der Waals surface area (Å²) in [7, 11) is 0. The average Bonchev–Trinajstić information content (AvgIpc) is 2.63. The van der Waals surface area contributed by atoms with E-state index in [1.165, 1.54) is 56.9 Å². The third kappa shape index (κ3) is 4.86. The van der Waals surface area contributed by atoms with Crippen LogP contribution in [-0.4, -0.2) is 0 Å². The molecule has 0 heterocycles. The molecule has 1 aliphatic rings. The summed E-state index contributed by atoms with van der Waals surface area (Å²) in [6.07, 6.45) is 11.4. The highest BCUT2D eigenvalue weighted by molar-refractivity contribution is 5.04. The monoisotopic (exact) mass is 208 g/mol. The van der Waals surface area contributed by atoms with Gasteiger partial charge in [-0.25, -0.2) is 0 Å². The molecule has 0 aliphatic heterocycles. The van der Waals surface area contributed by atoms with E-state index in [-0.39, 0.29) is 0 Å². The Morgan fingerprint density at radius 2 is 1.73 bits per heavy atom. The normalized spacial score (nSPS) is 18.3. The summed E-state index contributed by atoms with van der Waals surface area (Å²) >= 11 is 0. The molecule has 0 atom stereocenters. The van der Waals surface area contributed by atoms with Gasteiger partial charge >= 0.3 is 0 Å². The Morgan fingerprint density at radius 1 is 1.13 bits per heavy atom. The lowest BCUT2D eigenvalue weighted by atomic mass is 9.84. The summed E-state index contributed by atoms with van der Waals surface area (Å²) in [6.45, 7) is 11.0. The van der Waals surface area contributed by atoms with E-state index >= 15 is 0 Å². The van der Waals surface area contributed by atoms with Crippen molar-refractivity contribution in [1.29, 1.82) is 0 Å². The minimum absolute atomic E-state index is 0.313. The Kier molecular flexibility index (Phi) is 4.89. The van der Waals surface area contributed by atoms with Crippen molar-refractivity contribution in [2.45, 2.75) is 72.1 Å². The van der Waals surface area contributed by atoms with Gasteiger partial charge in [-0.2, -0.15) is 0 Å². The Balaban J connectivity index is 2.03. The Labute approximate surface area is 96.2 Å². The molecular formula is C15H28. The van der Waals surface area contributed by atoms with Crippen LogP contribution in [0, 0.1) is 11.3 Å². The zero-order valence-electron chi connectivity index (χ0n) is 10.9. The summed E-state index contributed by atoms with van der Waals surface area (Å²) in [5.74, 6) is 1.06. The molecule has 0 saturated heterocycles. The zero-order chi connectivity index (χ0) is 11.3. The molecule has 15 heavy (non-hydrogen) atoms. The third-order valence-corrected chi connectivity index (χ3v) is 3.88. The van der Waals surface area contributed by atoms with Crippen LogP contribution in [0.4, 0.5) is 0 Å². The van der Waals surface area contributed by atoms with Crippen LogP contribution in [0.5, 0.6) is 0 Å². The maximum absolute atomic E-state index is 4.20. The molecule has 0 nitrogen and oxygen atoms in total. The molecule has 0 aromatic carbocycles. The van der Waals surface area contributed by atoms with E-state index in [0.29, 0.717) is 5.41 Å². The molecule has 0 bridgehead atoms. The topological polar surface area (TPSA) is 0 Å². The van der Waals surface area contributed by atoms with Crippen molar-refractivity contribution < 1.29 is 0 Å². The van der Waals surface area contributed by atoms with Gasteiger partial charge in [0.2, 0.25) is 0 Å². The lowest BCUT2D eigenvalue weighted by Gasteiger charge is -2.21. The van der Waals surface area contributed by atoms with Crippen molar-refractivity contribution in [3.05, 3.63) is 12.2 Å². The van der Waals surface area contributed by atoms with E-state index in [1.807, 2.05) is 0 Å². The van der Waals surface area contributed by atoms with Gasteiger partial charge in [0.05, 0.1) is 0 Å². The lowest BCUT2D eigenvalue weighted by molar-refractivity contribution is 0.447. The molecular weight excluding hydrogens is 180 g/mol. The number of hydrogen-bond acceptors (Lipinski definition) is 0. The summed E-state index contributed by atoms with van der Waals surface area (Å²) in [5, 5.41) is 0. The number of allylic oxidation sites excluding steroid dienone is 1. The van der Waals surface area contributed by atoms with Crippen molar-refractivity contribution >= 4 is 0 Å². The van der Waals surface area contributed by atoms with E-state index in [2.05, 4.69) is 27.4 Å². The predicted molar refractivity (Wildman–Crippen MR) is 69.0 cm³/mol. The van der Waals surface area contributed by atoms with Gasteiger partial charge in [0.25, 0.3) is 0 Å². The molecule has 0 aromatic heterocycles. The van der Waals surface area contributed by atoms with Crippen LogP contribution < -0.4 is 0 Å². The second-order valence-electron chi connectivity index (χ2n) is 6.25. The van der Waals surface area contributed by atoms with Crippen molar-refractivity contribution in [3.63, 3.8) is 0 Å². The van der Waals surface area contributed by atoms with Crippen molar-refractivity contribution in [2.24, 2.45) is 11.3 Å². The SMILES string of the molecule is C=C(CCCCC1CCCC1)C(C)(C)C. The summed E-state index contributed by atoms with van der Waals surface area (Å²) < 4.78 is 0. The second-order valence-corrected chi connectivity index (χ2v) is 6.25. The Morgan fingerprint density at radius 3 is 2.27 bits per heavy atom. The fourth-order valence-corrected chi connectivity index (χ4v) is 2.45. The van der Waals surface area contributed by atoms with Crippen LogP contribution in [0.15, 0.2) is 12.2 Å². The van der Waals surface area contributed by atoms with Crippen LogP contribution in [0.1, 0.15) is 72.1 Å². The van der Waals surface area contributed by atoms with Crippen LogP contribution in [0.2, 0.25) is 0 Å². The molecule has 1 saturated carbocycles. The van der Waals surface area contributed by atoms with Crippen LogP contribution in [-0.2, 0) is 0 Å². The second kappa shape index (κ2) is 5.72. The summed E-state index contributed by atoms with van der Waals surface area (Å²) in [5.41, 5.74) is 1.74. The molecule has 0 radical (unpaired) electrons. The standard InChI is InChI=1S/C15H28/c1-13(15(2,3)4)9-5-6-10-14-11-7-8-12-14/h14H,1,5-12H2,2-4H3. The summed E-state index contributed by atoms with van der Waals surface area (Å²) in [4.78, 5) is 0. The van der Waals surface area contributed by atoms with Gasteiger partial charge in [-0.15, -0.1) is 0 Å². The smallest absolute Gasteiger partial charge is 0.0176 e. The molecule has 0 spiro atoms. The van der Waals surface area contributed by atoms with E-state index in [9.17, 15) is 0 Å². The summed E-state index contributed by atoms with van der Waals surface area (Å²) in [6, 6.07) is 0. The van der Waals surface area contributed by atoms with Gasteiger partial charge in [0.15, 0.2) is 0 Å². The van der Waals surface area contributed by atoms with Gasteiger partial charge < -0.3 is 0 Å². The fraction of sp³-hybridized carbons (Fsp3) is 0.867. The van der Waals surface area contributed by atoms with Gasteiger partial charge in [-0.1, -0.05) is 71.4 Å². The molecule has 0 amide bonds. The first-order valence-corrected chi connectivity index (χ1v) is 6.68. The molecule has 0 aromatic rings. The Bertz CT molecular complexity index is 189. The van der Waals surface area contributed by atoms with E-state index in [4.69, 9.17) is 0 Å². The first-order chi connectivity index (χ1) is 7.00. The van der Waals surface area contributed by atoms with Crippen molar-refractivity contribution in [1.82, 2.24) is 0 Å². The highest BCUT2D eigenvalue weighted by Gasteiger charge is 2.16. The fourth-order valence-electron chi connectivity index (χ4n) is 2.45. The lowest BCUT2D eigenvalue weighted by Crippen LogP contribution is -2.08. The molecule has 88 valence electrons. The molecule has 1 aliphatic carbocycles. The number of hydrogen-bond donors (Lipinski definition) is 0. The van der Waals surface area contributed by atoms with Crippen LogP contribution in [0.3, 0.4) is 0 Å². The number of rotatable bonds is 5. The van der Waals surface area contributed by atoms with E-state index < -0.39 is 0 Å². The highest BCUT2D eigenvalue weighted by Crippen LogP contribution is 2.31. The van der Waals surface area contributed by atoms with E-state index in [1.54, 1.807) is 0 Å². The van der Waals surface area contributed by atoms with Gasteiger partial charge in [0.1, 0.15) is 0 Å². The molecule has 1 rings (SSSR count). The molecule has 0 heteroatoms. The van der Waals surface area contributed by atoms with Crippen LogP contribution >= 0.6 is 0 Å². The van der Waals surface area contributed by atoms with Gasteiger partial charge in [-0.3, -0.25) is 0 Å². The first-order valence-electron chi connectivity index (χ1n) is 6.68. The predicted octanol–water partition coefficient (Wildman–Crippen LogP) is 5.34. The third-order valence-electron chi connectivity index (χ3n) is 3.88. The Hall–Kier alpha value is -0.260. The van der Waals surface area contributed by atoms with Crippen molar-refractivity contribution in [3.8, 4) is 0 Å². The highest BCUT2D eigenvalue weighted by atomic mass is 14.2. The minimum Gasteiger partial charge on any atom is -0.0993 e. The number of unbranched alkanes of at least 4 members (excludes halogenated alkanes) is 1. The largest absolute Gasteiger partial charge is 0.0993 e. The quantitative estimate of drug-likeness (QED) is 0.422. The van der Waals surface area contributed by atoms with Gasteiger partial charge in [-0.05, 0) is 24.2 Å². The first kappa shape index (κ1) is 12.8. The molecule has 0 unspecified atom stereocenters.